The summed E-state index contributed by atoms with van der Waals surface area (Å²) in [5.41, 5.74) is 5.81. The lowest BCUT2D eigenvalue weighted by Gasteiger charge is -2.12. The van der Waals surface area contributed by atoms with Crippen LogP contribution in [0.25, 0.3) is 5.65 Å². The molecule has 0 aliphatic carbocycles. The van der Waals surface area contributed by atoms with Gasteiger partial charge < -0.3 is 15.6 Å². The van der Waals surface area contributed by atoms with E-state index in [4.69, 9.17) is 10.5 Å². The zero-order valence-corrected chi connectivity index (χ0v) is 9.90. The minimum atomic E-state index is -2.99. The van der Waals surface area contributed by atoms with E-state index in [0.717, 1.165) is 10.8 Å². The fourth-order valence-electron chi connectivity index (χ4n) is 2.17. The summed E-state index contributed by atoms with van der Waals surface area (Å²) in [6, 6.07) is 0. The van der Waals surface area contributed by atoms with Crippen LogP contribution in [0.3, 0.4) is 0 Å². The van der Waals surface area contributed by atoms with Gasteiger partial charge in [0, 0.05) is 0 Å². The van der Waals surface area contributed by atoms with Crippen molar-refractivity contribution in [2.45, 2.75) is 30.9 Å². The normalized spacial score (nSPS) is 30.4. The second-order valence-corrected chi connectivity index (χ2v) is 4.35. The Labute approximate surface area is 110 Å². The quantitative estimate of drug-likeness (QED) is 0.814. The molecule has 2 aromatic rings. The Morgan fingerprint density at radius 1 is 1.40 bits per heavy atom. The molecule has 108 valence electrons. The Bertz CT molecular complexity index is 636. The number of nitrogen functional groups attached to an aromatic ring is 1. The first-order valence-corrected chi connectivity index (χ1v) is 5.70. The number of fused-ring (bicyclic) bond motifs is 1. The number of hydrogen-bond acceptors (Lipinski definition) is 6. The standard InChI is InChI=1S/C10H10F3N5O2/c11-4-5(19)7(8(12)13)20-6(4)3-1-15-10-9(14)16-2-17-18(3)10/h1-2,4-8,19H,(H2,14,16,17). The molecule has 7 nitrogen and oxygen atoms in total. The average molecular weight is 289 g/mol. The zero-order valence-electron chi connectivity index (χ0n) is 9.90. The summed E-state index contributed by atoms with van der Waals surface area (Å²) in [5, 5.41) is 13.3. The molecule has 2 aromatic heterocycles. The van der Waals surface area contributed by atoms with Gasteiger partial charge in [-0.1, -0.05) is 0 Å². The van der Waals surface area contributed by atoms with Gasteiger partial charge in [-0.05, 0) is 0 Å². The lowest BCUT2D eigenvalue weighted by molar-refractivity contribution is -0.0827. The predicted molar refractivity (Wildman–Crippen MR) is 59.7 cm³/mol. The number of aliphatic hydroxyl groups is 1. The number of ether oxygens (including phenoxy) is 1. The van der Waals surface area contributed by atoms with Gasteiger partial charge in [0.15, 0.2) is 17.6 Å². The van der Waals surface area contributed by atoms with Crippen LogP contribution in [-0.2, 0) is 4.74 Å². The third kappa shape index (κ3) is 1.79. The maximum absolute atomic E-state index is 14.0. The Morgan fingerprint density at radius 3 is 2.80 bits per heavy atom. The number of nitrogens with zero attached hydrogens (tertiary/aromatic N) is 4. The van der Waals surface area contributed by atoms with Gasteiger partial charge in [-0.2, -0.15) is 5.10 Å². The molecule has 0 bridgehead atoms. The lowest BCUT2D eigenvalue weighted by Crippen LogP contribution is -2.32. The van der Waals surface area contributed by atoms with E-state index in [0.29, 0.717) is 0 Å². The number of alkyl halides is 3. The largest absolute Gasteiger partial charge is 0.387 e. The van der Waals surface area contributed by atoms with E-state index in [9.17, 15) is 18.3 Å². The molecule has 1 aliphatic rings. The topological polar surface area (TPSA) is 98.6 Å². The van der Waals surface area contributed by atoms with E-state index >= 15 is 0 Å². The minimum absolute atomic E-state index is 0.0608. The number of nitrogens with two attached hydrogens (primary N) is 1. The molecule has 4 unspecified atom stereocenters. The van der Waals surface area contributed by atoms with Crippen molar-refractivity contribution in [2.24, 2.45) is 0 Å². The molecule has 3 rings (SSSR count). The van der Waals surface area contributed by atoms with Crippen LogP contribution in [0.2, 0.25) is 0 Å². The van der Waals surface area contributed by atoms with E-state index in [-0.39, 0.29) is 17.2 Å². The van der Waals surface area contributed by atoms with Crippen molar-refractivity contribution in [2.75, 3.05) is 5.73 Å². The number of anilines is 1. The average Bonchev–Trinajstić information content (AvgIpc) is 2.94. The van der Waals surface area contributed by atoms with E-state index in [1.54, 1.807) is 0 Å². The summed E-state index contributed by atoms with van der Waals surface area (Å²) in [4.78, 5) is 7.59. The molecular formula is C10H10F3N5O2. The van der Waals surface area contributed by atoms with E-state index in [1.807, 2.05) is 0 Å². The molecule has 0 spiro atoms. The van der Waals surface area contributed by atoms with Crippen molar-refractivity contribution >= 4 is 11.5 Å². The molecule has 10 heteroatoms. The SMILES string of the molecule is Nc1ncnn2c(C3OC(C(F)F)C(O)C3F)cnc12. The highest BCUT2D eigenvalue weighted by atomic mass is 19.3. The number of hydrogen-bond donors (Lipinski definition) is 2. The van der Waals surface area contributed by atoms with Crippen LogP contribution in [0, 0.1) is 0 Å². The zero-order chi connectivity index (χ0) is 14.4. The Morgan fingerprint density at radius 2 is 2.15 bits per heavy atom. The Balaban J connectivity index is 2.02. The monoisotopic (exact) mass is 289 g/mol. The van der Waals surface area contributed by atoms with Crippen molar-refractivity contribution in [1.82, 2.24) is 19.6 Å². The molecule has 0 aromatic carbocycles. The highest BCUT2D eigenvalue weighted by molar-refractivity contribution is 5.58. The summed E-state index contributed by atoms with van der Waals surface area (Å²) in [6.07, 6.45) is -7.87. The molecule has 0 radical (unpaired) electrons. The summed E-state index contributed by atoms with van der Waals surface area (Å²) >= 11 is 0. The van der Waals surface area contributed by atoms with Crippen molar-refractivity contribution in [3.8, 4) is 0 Å². The molecule has 0 saturated carbocycles. The van der Waals surface area contributed by atoms with Crippen LogP contribution < -0.4 is 5.73 Å². The summed E-state index contributed by atoms with van der Waals surface area (Å²) in [5.74, 6) is 0.0608. The molecule has 3 heterocycles. The molecule has 3 N–H and O–H groups in total. The maximum atomic E-state index is 14.0. The fraction of sp³-hybridized carbons (Fsp3) is 0.500. The number of rotatable bonds is 2. The highest BCUT2D eigenvalue weighted by Crippen LogP contribution is 2.37. The molecule has 20 heavy (non-hydrogen) atoms. The summed E-state index contributed by atoms with van der Waals surface area (Å²) in [6.45, 7) is 0. The van der Waals surface area contributed by atoms with E-state index in [2.05, 4.69) is 15.1 Å². The first-order valence-electron chi connectivity index (χ1n) is 5.70. The number of aliphatic hydroxyl groups excluding tert-OH is 1. The summed E-state index contributed by atoms with van der Waals surface area (Å²) in [7, 11) is 0. The van der Waals surface area contributed by atoms with Gasteiger partial charge in [-0.25, -0.2) is 27.7 Å². The molecule has 1 aliphatic heterocycles. The molecule has 1 fully saturated rings. The fourth-order valence-corrected chi connectivity index (χ4v) is 2.17. The van der Waals surface area contributed by atoms with Crippen molar-refractivity contribution < 1.29 is 23.0 Å². The smallest absolute Gasteiger partial charge is 0.267 e. The van der Waals surface area contributed by atoms with Gasteiger partial charge in [-0.3, -0.25) is 0 Å². The van der Waals surface area contributed by atoms with Gasteiger partial charge >= 0.3 is 0 Å². The third-order valence-corrected chi connectivity index (χ3v) is 3.15. The van der Waals surface area contributed by atoms with Crippen LogP contribution >= 0.6 is 0 Å². The van der Waals surface area contributed by atoms with Crippen molar-refractivity contribution in [3.05, 3.63) is 18.2 Å². The molecule has 4 atom stereocenters. The van der Waals surface area contributed by atoms with E-state index in [1.165, 1.54) is 6.20 Å². The van der Waals surface area contributed by atoms with Gasteiger partial charge in [-0.15, -0.1) is 0 Å². The van der Waals surface area contributed by atoms with Gasteiger partial charge in [0.2, 0.25) is 0 Å². The van der Waals surface area contributed by atoms with Crippen LogP contribution in [0.1, 0.15) is 11.8 Å². The second kappa shape index (κ2) is 4.56. The maximum Gasteiger partial charge on any atom is 0.267 e. The Hall–Kier alpha value is -1.94. The van der Waals surface area contributed by atoms with E-state index < -0.39 is 30.9 Å². The van der Waals surface area contributed by atoms with Crippen LogP contribution in [0.5, 0.6) is 0 Å². The van der Waals surface area contributed by atoms with Crippen LogP contribution in [-0.4, -0.2) is 49.5 Å². The molecular weight excluding hydrogens is 279 g/mol. The van der Waals surface area contributed by atoms with Gasteiger partial charge in [0.05, 0.1) is 11.9 Å². The minimum Gasteiger partial charge on any atom is -0.387 e. The third-order valence-electron chi connectivity index (χ3n) is 3.15. The highest BCUT2D eigenvalue weighted by Gasteiger charge is 2.50. The van der Waals surface area contributed by atoms with Gasteiger partial charge in [0.25, 0.3) is 6.43 Å². The number of imidazole rings is 1. The number of halogens is 3. The predicted octanol–water partition coefficient (Wildman–Crippen LogP) is 0.110. The lowest BCUT2D eigenvalue weighted by atomic mass is 10.1. The first kappa shape index (κ1) is 13.1. The second-order valence-electron chi connectivity index (χ2n) is 4.35. The van der Waals surface area contributed by atoms with Crippen molar-refractivity contribution in [1.29, 1.82) is 0 Å². The van der Waals surface area contributed by atoms with Crippen molar-refractivity contribution in [3.63, 3.8) is 0 Å². The molecule has 1 saturated heterocycles. The molecule has 0 amide bonds. The van der Waals surface area contributed by atoms with Crippen LogP contribution in [0.15, 0.2) is 12.5 Å². The van der Waals surface area contributed by atoms with Gasteiger partial charge in [0.1, 0.15) is 24.6 Å². The first-order chi connectivity index (χ1) is 9.50. The summed E-state index contributed by atoms with van der Waals surface area (Å²) < 4.78 is 45.3. The number of aromatic nitrogens is 4. The van der Waals surface area contributed by atoms with Crippen LogP contribution in [0.4, 0.5) is 19.0 Å². The Kier molecular flexibility index (Phi) is 2.98.